The number of piperidine rings is 1. The van der Waals surface area contributed by atoms with E-state index in [1.807, 2.05) is 0 Å². The zero-order valence-corrected chi connectivity index (χ0v) is 12.7. The summed E-state index contributed by atoms with van der Waals surface area (Å²) >= 11 is 0. The minimum atomic E-state index is -0.196. The fourth-order valence-electron chi connectivity index (χ4n) is 2.64. The number of hydrogen-bond acceptors (Lipinski definition) is 3. The maximum Gasteiger partial charge on any atom is 0.319 e. The first-order valence-corrected chi connectivity index (χ1v) is 7.39. The van der Waals surface area contributed by atoms with Crippen molar-refractivity contribution in [3.05, 3.63) is 29.8 Å². The normalized spacial score (nSPS) is 19.0. The summed E-state index contributed by atoms with van der Waals surface area (Å²) in [6.45, 7) is 4.40. The first-order valence-electron chi connectivity index (χ1n) is 7.39. The van der Waals surface area contributed by atoms with Crippen LogP contribution >= 0.6 is 0 Å². The van der Waals surface area contributed by atoms with Crippen molar-refractivity contribution >= 4 is 17.5 Å². The van der Waals surface area contributed by atoms with E-state index < -0.39 is 0 Å². The minimum Gasteiger partial charge on any atom is -0.338 e. The van der Waals surface area contributed by atoms with Crippen LogP contribution < -0.4 is 10.6 Å². The predicted octanol–water partition coefficient (Wildman–Crippen LogP) is 2.35. The molecule has 1 aromatic rings. The van der Waals surface area contributed by atoms with Crippen LogP contribution in [0.5, 0.6) is 0 Å². The Hall–Kier alpha value is -1.88. The lowest BCUT2D eigenvalue weighted by Gasteiger charge is -2.29. The van der Waals surface area contributed by atoms with Gasteiger partial charge in [0.1, 0.15) is 0 Å². The van der Waals surface area contributed by atoms with Gasteiger partial charge in [0.15, 0.2) is 5.78 Å². The molecule has 1 saturated heterocycles. The van der Waals surface area contributed by atoms with Crippen LogP contribution in [0.1, 0.15) is 30.1 Å². The molecular formula is C16H23N3O2. The van der Waals surface area contributed by atoms with E-state index >= 15 is 0 Å². The van der Waals surface area contributed by atoms with E-state index in [9.17, 15) is 9.59 Å². The maximum atomic E-state index is 11.9. The van der Waals surface area contributed by atoms with Crippen molar-refractivity contribution < 1.29 is 9.59 Å². The van der Waals surface area contributed by atoms with Crippen LogP contribution in [0.25, 0.3) is 0 Å². The molecule has 1 aliphatic rings. The van der Waals surface area contributed by atoms with E-state index in [2.05, 4.69) is 22.6 Å². The molecule has 21 heavy (non-hydrogen) atoms. The number of likely N-dealkylation sites (tertiary alicyclic amines) is 1. The molecule has 1 aromatic carbocycles. The molecule has 0 aromatic heterocycles. The number of urea groups is 1. The van der Waals surface area contributed by atoms with E-state index in [0.717, 1.165) is 19.5 Å². The average Bonchev–Trinajstić information content (AvgIpc) is 2.46. The summed E-state index contributed by atoms with van der Waals surface area (Å²) in [5, 5.41) is 5.70. The molecule has 2 rings (SSSR count). The van der Waals surface area contributed by atoms with Gasteiger partial charge in [-0.3, -0.25) is 4.79 Å². The van der Waals surface area contributed by atoms with E-state index in [1.165, 1.54) is 13.3 Å². The summed E-state index contributed by atoms with van der Waals surface area (Å²) in [6.07, 6.45) is 2.36. The molecule has 1 fully saturated rings. The first-order chi connectivity index (χ1) is 10.0. The van der Waals surface area contributed by atoms with Crippen molar-refractivity contribution in [3.63, 3.8) is 0 Å². The summed E-state index contributed by atoms with van der Waals surface area (Å²) in [7, 11) is 2.11. The van der Waals surface area contributed by atoms with Crippen molar-refractivity contribution in [2.75, 3.05) is 32.0 Å². The summed E-state index contributed by atoms with van der Waals surface area (Å²) in [5.41, 5.74) is 1.34. The van der Waals surface area contributed by atoms with E-state index in [0.29, 0.717) is 23.7 Å². The van der Waals surface area contributed by atoms with Crippen LogP contribution in [0.3, 0.4) is 0 Å². The number of carbonyl (C=O) groups excluding carboxylic acids is 2. The SMILES string of the molecule is CC(=O)c1ccc(NC(=O)NCC2CCCN(C)C2)cc1. The number of benzene rings is 1. The Kier molecular flexibility index (Phi) is 5.33. The number of hydrogen-bond donors (Lipinski definition) is 2. The molecule has 2 N–H and O–H groups in total. The molecule has 2 amide bonds. The van der Waals surface area contributed by atoms with Crippen molar-refractivity contribution in [3.8, 4) is 0 Å². The van der Waals surface area contributed by atoms with E-state index in [1.54, 1.807) is 24.3 Å². The van der Waals surface area contributed by atoms with Gasteiger partial charge in [0.05, 0.1) is 0 Å². The second-order valence-electron chi connectivity index (χ2n) is 5.74. The highest BCUT2D eigenvalue weighted by molar-refractivity contribution is 5.95. The second-order valence-corrected chi connectivity index (χ2v) is 5.74. The molecule has 5 nitrogen and oxygen atoms in total. The van der Waals surface area contributed by atoms with Crippen LogP contribution in [0, 0.1) is 5.92 Å². The van der Waals surface area contributed by atoms with Gasteiger partial charge in [-0.2, -0.15) is 0 Å². The molecular weight excluding hydrogens is 266 g/mol. The Balaban J connectivity index is 1.77. The number of rotatable bonds is 4. The molecule has 114 valence electrons. The predicted molar refractivity (Wildman–Crippen MR) is 83.7 cm³/mol. The van der Waals surface area contributed by atoms with Gasteiger partial charge in [-0.1, -0.05) is 0 Å². The fraction of sp³-hybridized carbons (Fsp3) is 0.500. The lowest BCUT2D eigenvalue weighted by Crippen LogP contribution is -2.40. The molecule has 1 atom stereocenters. The third-order valence-electron chi connectivity index (χ3n) is 3.82. The van der Waals surface area contributed by atoms with Crippen LogP contribution in [0.4, 0.5) is 10.5 Å². The second kappa shape index (κ2) is 7.22. The molecule has 0 bridgehead atoms. The van der Waals surface area contributed by atoms with Crippen molar-refractivity contribution in [1.82, 2.24) is 10.2 Å². The number of carbonyl (C=O) groups is 2. The van der Waals surface area contributed by atoms with Crippen LogP contribution in [0.15, 0.2) is 24.3 Å². The molecule has 1 aliphatic heterocycles. The highest BCUT2D eigenvalue weighted by Crippen LogP contribution is 2.14. The van der Waals surface area contributed by atoms with Crippen LogP contribution in [0.2, 0.25) is 0 Å². The number of anilines is 1. The minimum absolute atomic E-state index is 0.0208. The quantitative estimate of drug-likeness (QED) is 0.836. The molecule has 1 unspecified atom stereocenters. The molecule has 0 radical (unpaired) electrons. The number of Topliss-reactive ketones (excluding diaryl/α,β-unsaturated/α-hetero) is 1. The van der Waals surface area contributed by atoms with Crippen molar-refractivity contribution in [2.24, 2.45) is 5.92 Å². The maximum absolute atomic E-state index is 11.9. The number of nitrogens with one attached hydrogen (secondary N) is 2. The molecule has 0 aliphatic carbocycles. The third kappa shape index (κ3) is 4.86. The third-order valence-corrected chi connectivity index (χ3v) is 3.82. The van der Waals surface area contributed by atoms with Gasteiger partial charge >= 0.3 is 6.03 Å². The zero-order chi connectivity index (χ0) is 15.2. The Morgan fingerprint density at radius 3 is 2.62 bits per heavy atom. The topological polar surface area (TPSA) is 61.4 Å². The molecule has 0 spiro atoms. The average molecular weight is 289 g/mol. The number of amides is 2. The van der Waals surface area contributed by atoms with Crippen molar-refractivity contribution in [2.45, 2.75) is 19.8 Å². The Labute approximate surface area is 125 Å². The number of nitrogens with zero attached hydrogens (tertiary/aromatic N) is 1. The van der Waals surface area contributed by atoms with Gasteiger partial charge < -0.3 is 15.5 Å². The monoisotopic (exact) mass is 289 g/mol. The molecule has 5 heteroatoms. The zero-order valence-electron chi connectivity index (χ0n) is 12.7. The van der Waals surface area contributed by atoms with Gasteiger partial charge in [-0.15, -0.1) is 0 Å². The molecule has 0 saturated carbocycles. The Bertz CT molecular complexity index is 499. The van der Waals surface area contributed by atoms with Crippen LogP contribution in [-0.2, 0) is 0 Å². The lowest BCUT2D eigenvalue weighted by molar-refractivity contribution is 0.101. The fourth-order valence-corrected chi connectivity index (χ4v) is 2.64. The van der Waals surface area contributed by atoms with Gasteiger partial charge in [0, 0.05) is 24.3 Å². The summed E-state index contributed by atoms with van der Waals surface area (Å²) in [5.74, 6) is 0.544. The highest BCUT2D eigenvalue weighted by atomic mass is 16.2. The highest BCUT2D eigenvalue weighted by Gasteiger charge is 2.17. The van der Waals surface area contributed by atoms with Crippen LogP contribution in [-0.4, -0.2) is 43.4 Å². The smallest absolute Gasteiger partial charge is 0.319 e. The standard InChI is InChI=1S/C16H23N3O2/c1-12(20)14-5-7-15(8-6-14)18-16(21)17-10-13-4-3-9-19(2)11-13/h5-8,13H,3-4,9-11H2,1-2H3,(H2,17,18,21). The van der Waals surface area contributed by atoms with Gasteiger partial charge in [-0.25, -0.2) is 4.79 Å². The van der Waals surface area contributed by atoms with Gasteiger partial charge in [0.2, 0.25) is 0 Å². The van der Waals surface area contributed by atoms with E-state index in [4.69, 9.17) is 0 Å². The lowest BCUT2D eigenvalue weighted by atomic mass is 9.99. The molecule has 1 heterocycles. The van der Waals surface area contributed by atoms with Gasteiger partial charge in [-0.05, 0) is 63.5 Å². The van der Waals surface area contributed by atoms with E-state index in [-0.39, 0.29) is 11.8 Å². The van der Waals surface area contributed by atoms with Crippen molar-refractivity contribution in [1.29, 1.82) is 0 Å². The first kappa shape index (κ1) is 15.5. The Morgan fingerprint density at radius 1 is 1.29 bits per heavy atom. The summed E-state index contributed by atoms with van der Waals surface area (Å²) in [4.78, 5) is 25.3. The largest absolute Gasteiger partial charge is 0.338 e. The number of ketones is 1. The summed E-state index contributed by atoms with van der Waals surface area (Å²) in [6, 6.07) is 6.72. The van der Waals surface area contributed by atoms with Gasteiger partial charge in [0.25, 0.3) is 0 Å². The summed E-state index contributed by atoms with van der Waals surface area (Å²) < 4.78 is 0. The Morgan fingerprint density at radius 2 is 2.00 bits per heavy atom.